The molecule has 3 aromatic carbocycles. The van der Waals surface area contributed by atoms with Crippen molar-refractivity contribution in [3.63, 3.8) is 0 Å². The van der Waals surface area contributed by atoms with Crippen molar-refractivity contribution in [3.8, 4) is 5.69 Å². The number of hydrogen-bond donors (Lipinski definition) is 2. The van der Waals surface area contributed by atoms with Crippen molar-refractivity contribution in [2.45, 2.75) is 12.5 Å². The van der Waals surface area contributed by atoms with E-state index in [4.69, 9.17) is 17.3 Å². The molecule has 3 N–H and O–H groups in total. The Kier molecular flexibility index (Phi) is 6.41. The van der Waals surface area contributed by atoms with Crippen LogP contribution in [0.4, 0.5) is 14.6 Å². The number of halogens is 3. The number of anilines is 1. The molecule has 0 saturated carbocycles. The Labute approximate surface area is 220 Å². The molecule has 0 saturated heterocycles. The molecule has 5 rings (SSSR count). The maximum atomic E-state index is 13.9. The number of sulfonamides is 1. The molecule has 0 spiro atoms. The van der Waals surface area contributed by atoms with Crippen LogP contribution in [0.2, 0.25) is 5.02 Å². The van der Waals surface area contributed by atoms with Gasteiger partial charge in [-0.25, -0.2) is 22.2 Å². The van der Waals surface area contributed by atoms with Crippen LogP contribution in [0, 0.1) is 11.6 Å². The molecule has 0 aliphatic rings. The van der Waals surface area contributed by atoms with Crippen LogP contribution >= 0.6 is 11.6 Å². The van der Waals surface area contributed by atoms with E-state index in [1.165, 1.54) is 15.3 Å². The first-order valence-electron chi connectivity index (χ1n) is 11.3. The van der Waals surface area contributed by atoms with Crippen LogP contribution in [0.25, 0.3) is 27.5 Å². The van der Waals surface area contributed by atoms with E-state index in [1.54, 1.807) is 37.4 Å². The van der Waals surface area contributed by atoms with E-state index in [2.05, 4.69) is 14.8 Å². The van der Waals surface area contributed by atoms with E-state index < -0.39 is 33.3 Å². The van der Waals surface area contributed by atoms with Crippen molar-refractivity contribution in [3.05, 3.63) is 93.0 Å². The molecule has 2 heterocycles. The summed E-state index contributed by atoms with van der Waals surface area (Å²) in [5.74, 6) is -1.40. The summed E-state index contributed by atoms with van der Waals surface area (Å²) in [5, 5.41) is 5.04. The molecule has 196 valence electrons. The minimum atomic E-state index is -3.70. The van der Waals surface area contributed by atoms with Gasteiger partial charge in [0.1, 0.15) is 17.5 Å². The molecule has 1 atom stereocenters. The Morgan fingerprint density at radius 2 is 1.79 bits per heavy atom. The Hall–Kier alpha value is -3.87. The number of nitrogens with one attached hydrogen (secondary N) is 1. The number of benzene rings is 3. The monoisotopic (exact) mass is 558 g/mol. The average Bonchev–Trinajstić information content (AvgIpc) is 3.14. The molecule has 0 bridgehead atoms. The zero-order chi connectivity index (χ0) is 27.4. The second kappa shape index (κ2) is 9.46. The number of para-hydroxylation sites is 1. The van der Waals surface area contributed by atoms with Gasteiger partial charge in [-0.1, -0.05) is 23.7 Å². The minimum Gasteiger partial charge on any atom is -0.321 e. The van der Waals surface area contributed by atoms with Crippen LogP contribution in [0.3, 0.4) is 0 Å². The molecule has 9 nitrogen and oxygen atoms in total. The maximum absolute atomic E-state index is 13.9. The summed E-state index contributed by atoms with van der Waals surface area (Å²) < 4.78 is 56.6. The van der Waals surface area contributed by atoms with Gasteiger partial charge in [-0.3, -0.25) is 18.8 Å². The molecular formula is C25H21ClF2N6O3S. The second-order valence-electron chi connectivity index (χ2n) is 8.85. The van der Waals surface area contributed by atoms with Gasteiger partial charge in [-0.2, -0.15) is 5.10 Å². The summed E-state index contributed by atoms with van der Waals surface area (Å²) in [6.07, 6.45) is 0.956. The van der Waals surface area contributed by atoms with E-state index in [-0.39, 0.29) is 34.0 Å². The maximum Gasteiger partial charge on any atom is 0.266 e. The van der Waals surface area contributed by atoms with Crippen LogP contribution in [-0.4, -0.2) is 34.0 Å². The lowest BCUT2D eigenvalue weighted by molar-refractivity contribution is 0.572. The Balaban J connectivity index is 1.79. The van der Waals surface area contributed by atoms with Crippen LogP contribution in [0.1, 0.15) is 17.4 Å². The number of aromatic nitrogens is 4. The first-order valence-corrected chi connectivity index (χ1v) is 13.6. The highest BCUT2D eigenvalue weighted by Gasteiger charge is 2.24. The van der Waals surface area contributed by atoms with Gasteiger partial charge in [-0.15, -0.1) is 0 Å². The third kappa shape index (κ3) is 4.73. The van der Waals surface area contributed by atoms with E-state index in [0.29, 0.717) is 22.1 Å². The second-order valence-corrected chi connectivity index (χ2v) is 11.0. The fourth-order valence-corrected chi connectivity index (χ4v) is 5.23. The summed E-state index contributed by atoms with van der Waals surface area (Å²) in [5.41, 5.74) is 7.37. The smallest absolute Gasteiger partial charge is 0.266 e. The van der Waals surface area contributed by atoms with Gasteiger partial charge in [0.15, 0.2) is 5.82 Å². The standard InChI is InChI=1S/C25H21ClF2N6O3S/c1-33-22-20(8-7-17(26)21(22)23(31-33)32-38(2,36)37)34-24(30-19-6-4-3-5-16(19)25(34)35)18(29)11-13-9-14(27)12-15(28)10-13/h3-10,12,18H,11,29H2,1-2H3,(H,31,32). The molecule has 0 aliphatic carbocycles. The SMILES string of the molecule is Cn1nc(NS(C)(=O)=O)c2c(Cl)ccc(-n3c(C(N)Cc4cc(F)cc(F)c4)nc4ccccc4c3=O)c21. The van der Waals surface area contributed by atoms with Crippen LogP contribution < -0.4 is 16.0 Å². The molecule has 1 unspecified atom stereocenters. The third-order valence-electron chi connectivity index (χ3n) is 5.95. The quantitative estimate of drug-likeness (QED) is 0.326. The van der Waals surface area contributed by atoms with Gasteiger partial charge in [0, 0.05) is 13.1 Å². The van der Waals surface area contributed by atoms with E-state index in [9.17, 15) is 22.0 Å². The van der Waals surface area contributed by atoms with Gasteiger partial charge < -0.3 is 5.73 Å². The lowest BCUT2D eigenvalue weighted by atomic mass is 10.0. The molecule has 13 heteroatoms. The molecule has 2 aromatic heterocycles. The van der Waals surface area contributed by atoms with Gasteiger partial charge in [0.05, 0.1) is 44.8 Å². The minimum absolute atomic E-state index is 0.0141. The van der Waals surface area contributed by atoms with Crippen molar-refractivity contribution >= 4 is 49.2 Å². The summed E-state index contributed by atoms with van der Waals surface area (Å²) in [6.45, 7) is 0. The topological polar surface area (TPSA) is 125 Å². The largest absolute Gasteiger partial charge is 0.321 e. The first kappa shape index (κ1) is 25.8. The van der Waals surface area contributed by atoms with Gasteiger partial charge in [0.2, 0.25) is 10.0 Å². The Bertz CT molecular complexity index is 1890. The number of rotatable bonds is 6. The van der Waals surface area contributed by atoms with Gasteiger partial charge in [-0.05, 0) is 48.4 Å². The van der Waals surface area contributed by atoms with E-state index in [1.807, 2.05) is 0 Å². The molecule has 0 radical (unpaired) electrons. The fraction of sp³-hybridized carbons (Fsp3) is 0.160. The molecule has 0 fully saturated rings. The Morgan fingerprint density at radius 1 is 1.11 bits per heavy atom. The predicted octanol–water partition coefficient (Wildman–Crippen LogP) is 3.82. The summed E-state index contributed by atoms with van der Waals surface area (Å²) in [7, 11) is -2.12. The van der Waals surface area contributed by atoms with Crippen molar-refractivity contribution in [1.29, 1.82) is 0 Å². The highest BCUT2D eigenvalue weighted by Crippen LogP contribution is 2.35. The van der Waals surface area contributed by atoms with E-state index in [0.717, 1.165) is 24.5 Å². The lowest BCUT2D eigenvalue weighted by Crippen LogP contribution is -2.30. The van der Waals surface area contributed by atoms with Crippen molar-refractivity contribution in [1.82, 2.24) is 19.3 Å². The van der Waals surface area contributed by atoms with E-state index >= 15 is 0 Å². The zero-order valence-corrected chi connectivity index (χ0v) is 21.7. The fourth-order valence-electron chi connectivity index (χ4n) is 4.49. The van der Waals surface area contributed by atoms with Crippen molar-refractivity contribution < 1.29 is 17.2 Å². The predicted molar refractivity (Wildman–Crippen MR) is 142 cm³/mol. The first-order chi connectivity index (χ1) is 17.9. The van der Waals surface area contributed by atoms with Gasteiger partial charge >= 0.3 is 0 Å². The summed E-state index contributed by atoms with van der Waals surface area (Å²) >= 11 is 6.45. The molecule has 0 amide bonds. The summed E-state index contributed by atoms with van der Waals surface area (Å²) in [6, 6.07) is 11.9. The Morgan fingerprint density at radius 3 is 2.47 bits per heavy atom. The number of nitrogens with zero attached hydrogens (tertiary/aromatic N) is 4. The average molecular weight is 559 g/mol. The van der Waals surface area contributed by atoms with Crippen LogP contribution in [0.5, 0.6) is 0 Å². The number of fused-ring (bicyclic) bond motifs is 2. The van der Waals surface area contributed by atoms with Gasteiger partial charge in [0.25, 0.3) is 5.56 Å². The normalized spacial score (nSPS) is 12.8. The number of nitrogens with two attached hydrogens (primary N) is 1. The van der Waals surface area contributed by atoms with Crippen LogP contribution in [0.15, 0.2) is 59.4 Å². The highest BCUT2D eigenvalue weighted by atomic mass is 35.5. The zero-order valence-electron chi connectivity index (χ0n) is 20.1. The molecule has 0 aliphatic heterocycles. The van der Waals surface area contributed by atoms with Crippen molar-refractivity contribution in [2.24, 2.45) is 12.8 Å². The molecular weight excluding hydrogens is 538 g/mol. The number of aryl methyl sites for hydroxylation is 1. The van der Waals surface area contributed by atoms with Crippen molar-refractivity contribution in [2.75, 3.05) is 11.0 Å². The molecule has 5 aromatic rings. The lowest BCUT2D eigenvalue weighted by Gasteiger charge is -2.20. The van der Waals surface area contributed by atoms with Crippen LogP contribution in [-0.2, 0) is 23.5 Å². The highest BCUT2D eigenvalue weighted by molar-refractivity contribution is 7.92. The number of hydrogen-bond acceptors (Lipinski definition) is 6. The third-order valence-corrected chi connectivity index (χ3v) is 6.83. The molecule has 38 heavy (non-hydrogen) atoms. The summed E-state index contributed by atoms with van der Waals surface area (Å²) in [4.78, 5) is 18.5.